The highest BCUT2D eigenvalue weighted by atomic mass is 32.5. The SMILES string of the molecule is OCCn1nnc(CCCCc2ccc(OCc3coc(/C=C/c4ccc(S(F)(F)(F)(F)F)cc4)n3)cc2)n1. The molecule has 0 aliphatic heterocycles. The molecule has 210 valence electrons. The van der Waals surface area contributed by atoms with E-state index < -0.39 is 15.1 Å². The minimum absolute atomic E-state index is 0.0310. The number of nitrogens with zero attached hydrogens (tertiary/aromatic N) is 5. The van der Waals surface area contributed by atoms with Gasteiger partial charge in [0.25, 0.3) is 0 Å². The van der Waals surface area contributed by atoms with Gasteiger partial charge < -0.3 is 14.3 Å². The quantitative estimate of drug-likeness (QED) is 0.142. The summed E-state index contributed by atoms with van der Waals surface area (Å²) in [6.45, 7) is 0.437. The van der Waals surface area contributed by atoms with Crippen molar-refractivity contribution in [3.8, 4) is 5.75 Å². The molecule has 39 heavy (non-hydrogen) atoms. The molecular formula is C25H26F5N5O3S. The Balaban J connectivity index is 1.20. The summed E-state index contributed by atoms with van der Waals surface area (Å²) in [6.07, 6.45) is 7.66. The first-order valence-electron chi connectivity index (χ1n) is 11.9. The number of aliphatic hydroxyl groups is 1. The van der Waals surface area contributed by atoms with Crippen LogP contribution in [0.5, 0.6) is 5.75 Å². The Bertz CT molecular complexity index is 1410. The summed E-state index contributed by atoms with van der Waals surface area (Å²) in [5.41, 5.74) is 1.93. The average molecular weight is 572 g/mol. The third-order valence-electron chi connectivity index (χ3n) is 5.53. The van der Waals surface area contributed by atoms with Gasteiger partial charge >= 0.3 is 10.2 Å². The summed E-state index contributed by atoms with van der Waals surface area (Å²) in [7, 11) is -9.69. The van der Waals surface area contributed by atoms with E-state index >= 15 is 0 Å². The van der Waals surface area contributed by atoms with Crippen LogP contribution in [0, 0.1) is 0 Å². The molecule has 0 amide bonds. The fourth-order valence-electron chi connectivity index (χ4n) is 3.55. The van der Waals surface area contributed by atoms with Crippen LogP contribution in [0.15, 0.2) is 64.1 Å². The summed E-state index contributed by atoms with van der Waals surface area (Å²) in [5, 5.41) is 20.9. The maximum atomic E-state index is 12.8. The zero-order valence-electron chi connectivity index (χ0n) is 20.6. The molecule has 0 bridgehead atoms. The molecule has 0 fully saturated rings. The van der Waals surface area contributed by atoms with Gasteiger partial charge in [0.05, 0.1) is 13.2 Å². The Morgan fingerprint density at radius 2 is 1.64 bits per heavy atom. The molecule has 0 saturated heterocycles. The zero-order chi connectivity index (χ0) is 28.0. The highest BCUT2D eigenvalue weighted by Crippen LogP contribution is 3.02. The van der Waals surface area contributed by atoms with Crippen LogP contribution in [0.25, 0.3) is 12.2 Å². The average Bonchev–Trinajstić information content (AvgIpc) is 3.53. The molecular weight excluding hydrogens is 545 g/mol. The number of unbranched alkanes of at least 4 members (excludes halogenated alkanes) is 1. The summed E-state index contributed by atoms with van der Waals surface area (Å²) in [5.74, 6) is 1.49. The predicted molar refractivity (Wildman–Crippen MR) is 136 cm³/mol. The summed E-state index contributed by atoms with van der Waals surface area (Å²) < 4.78 is 75.1. The Morgan fingerprint density at radius 3 is 2.33 bits per heavy atom. The van der Waals surface area contributed by atoms with Crippen molar-refractivity contribution < 1.29 is 33.7 Å². The van der Waals surface area contributed by atoms with E-state index in [4.69, 9.17) is 14.3 Å². The van der Waals surface area contributed by atoms with Gasteiger partial charge in [0.2, 0.25) is 5.89 Å². The monoisotopic (exact) mass is 571 g/mol. The molecule has 0 saturated carbocycles. The van der Waals surface area contributed by atoms with Gasteiger partial charge in [0.1, 0.15) is 29.2 Å². The van der Waals surface area contributed by atoms with Crippen molar-refractivity contribution >= 4 is 22.4 Å². The normalized spacial score (nSPS) is 13.9. The van der Waals surface area contributed by atoms with Crippen LogP contribution in [0.4, 0.5) is 19.4 Å². The second-order valence-electron chi connectivity index (χ2n) is 8.71. The van der Waals surface area contributed by atoms with Gasteiger partial charge in [-0.2, -0.15) is 4.80 Å². The van der Waals surface area contributed by atoms with Gasteiger partial charge in [0.15, 0.2) is 5.82 Å². The van der Waals surface area contributed by atoms with E-state index in [1.807, 2.05) is 24.3 Å². The zero-order valence-corrected chi connectivity index (χ0v) is 21.4. The first-order chi connectivity index (χ1) is 18.4. The molecule has 1 N–H and O–H groups in total. The third kappa shape index (κ3) is 8.61. The molecule has 2 heterocycles. The minimum atomic E-state index is -9.69. The largest absolute Gasteiger partial charge is 0.487 e. The number of hydrogen-bond acceptors (Lipinski definition) is 7. The fourth-order valence-corrected chi connectivity index (χ4v) is 4.20. The van der Waals surface area contributed by atoms with Crippen molar-refractivity contribution in [2.45, 2.75) is 43.7 Å². The predicted octanol–water partition coefficient (Wildman–Crippen LogP) is 6.63. The standard InChI is InChI=1S/C25H26F5N5O3S/c26-39(27,28,29,30)23-12-7-20(8-13-23)9-14-25-31-21(18-38-25)17-37-22-10-5-19(6-11-22)3-1-2-4-24-32-34-35(33-24)15-16-36/h5-14,18,36H,1-4,15-17H2/b14-9+. The van der Waals surface area contributed by atoms with Crippen LogP contribution in [0.2, 0.25) is 0 Å². The van der Waals surface area contributed by atoms with Gasteiger partial charge in [-0.05, 0) is 65.9 Å². The van der Waals surface area contributed by atoms with E-state index in [0.29, 0.717) is 42.4 Å². The molecule has 0 radical (unpaired) electrons. The van der Waals surface area contributed by atoms with Crippen LogP contribution in [-0.2, 0) is 26.0 Å². The smallest absolute Gasteiger partial charge is 0.310 e. The summed E-state index contributed by atoms with van der Waals surface area (Å²) in [4.78, 5) is 3.66. The number of benzene rings is 2. The number of tetrazole rings is 1. The van der Waals surface area contributed by atoms with Gasteiger partial charge in [-0.25, -0.2) is 4.98 Å². The molecule has 14 heteroatoms. The van der Waals surface area contributed by atoms with Crippen LogP contribution in [-0.4, -0.2) is 36.9 Å². The maximum absolute atomic E-state index is 12.8. The summed E-state index contributed by atoms with van der Waals surface area (Å²) in [6, 6.07) is 10.3. The van der Waals surface area contributed by atoms with Crippen LogP contribution in [0.1, 0.15) is 41.4 Å². The number of oxazole rings is 1. The van der Waals surface area contributed by atoms with E-state index in [0.717, 1.165) is 37.0 Å². The number of rotatable bonds is 13. The number of aliphatic hydroxyl groups excluding tert-OH is 1. The Hall–Kier alpha value is -3.78. The van der Waals surface area contributed by atoms with Gasteiger partial charge in [-0.15, -0.1) is 10.2 Å². The summed E-state index contributed by atoms with van der Waals surface area (Å²) >= 11 is 0. The van der Waals surface area contributed by atoms with Crippen LogP contribution in [0.3, 0.4) is 0 Å². The lowest BCUT2D eigenvalue weighted by atomic mass is 10.1. The number of hydrogen-bond donors (Lipinski definition) is 1. The number of aromatic nitrogens is 5. The molecule has 4 aromatic rings. The molecule has 8 nitrogen and oxygen atoms in total. The molecule has 0 spiro atoms. The van der Waals surface area contributed by atoms with Crippen molar-refractivity contribution in [2.75, 3.05) is 6.61 Å². The van der Waals surface area contributed by atoms with Crippen molar-refractivity contribution in [2.24, 2.45) is 0 Å². The minimum Gasteiger partial charge on any atom is -0.487 e. The van der Waals surface area contributed by atoms with Crippen molar-refractivity contribution in [1.82, 2.24) is 25.2 Å². The van der Waals surface area contributed by atoms with Gasteiger partial charge in [-0.1, -0.05) is 43.7 Å². The van der Waals surface area contributed by atoms with Gasteiger partial charge in [0, 0.05) is 12.5 Å². The fraction of sp³-hybridized carbons (Fsp3) is 0.280. The highest BCUT2D eigenvalue weighted by Gasteiger charge is 2.65. The van der Waals surface area contributed by atoms with Crippen LogP contribution >= 0.6 is 10.2 Å². The first-order valence-corrected chi connectivity index (χ1v) is 13.9. The molecule has 4 rings (SSSR count). The lowest BCUT2D eigenvalue weighted by molar-refractivity contribution is 0.259. The van der Waals surface area contributed by atoms with Crippen molar-refractivity contribution in [1.29, 1.82) is 0 Å². The molecule has 0 aliphatic rings. The van der Waals surface area contributed by atoms with E-state index in [9.17, 15) is 19.4 Å². The van der Waals surface area contributed by atoms with E-state index in [-0.39, 0.29) is 24.7 Å². The van der Waals surface area contributed by atoms with E-state index in [1.165, 1.54) is 23.2 Å². The van der Waals surface area contributed by atoms with Crippen molar-refractivity contribution in [3.63, 3.8) is 0 Å². The topological polar surface area (TPSA) is 99.1 Å². The second-order valence-corrected chi connectivity index (χ2v) is 11.1. The molecule has 0 atom stereocenters. The Labute approximate surface area is 220 Å². The molecule has 2 aromatic heterocycles. The molecule has 0 aliphatic carbocycles. The first kappa shape index (κ1) is 28.2. The second kappa shape index (κ2) is 10.8. The van der Waals surface area contributed by atoms with E-state index in [1.54, 1.807) is 0 Å². The lowest BCUT2D eigenvalue weighted by Crippen LogP contribution is -2.06. The van der Waals surface area contributed by atoms with Crippen LogP contribution < -0.4 is 4.74 Å². The Kier molecular flexibility index (Phi) is 7.80. The number of aryl methyl sites for hydroxylation is 2. The number of ether oxygens (including phenoxy) is 1. The number of halogens is 5. The molecule has 2 aromatic carbocycles. The molecule has 0 unspecified atom stereocenters. The van der Waals surface area contributed by atoms with E-state index in [2.05, 4.69) is 20.4 Å². The third-order valence-corrected chi connectivity index (χ3v) is 6.70. The lowest BCUT2D eigenvalue weighted by Gasteiger charge is -2.40. The van der Waals surface area contributed by atoms with Crippen molar-refractivity contribution in [3.05, 3.63) is 83.3 Å². The maximum Gasteiger partial charge on any atom is 0.310 e. The Morgan fingerprint density at radius 1 is 0.923 bits per heavy atom. The highest BCUT2D eigenvalue weighted by molar-refractivity contribution is 8.45. The van der Waals surface area contributed by atoms with Gasteiger partial charge in [-0.3, -0.25) is 0 Å².